The average Bonchev–Trinajstić information content (AvgIpc) is 2.98. The van der Waals surface area contributed by atoms with Crippen molar-refractivity contribution in [2.75, 3.05) is 6.54 Å². The van der Waals surface area contributed by atoms with Crippen LogP contribution in [0.3, 0.4) is 0 Å². The molecule has 0 unspecified atom stereocenters. The van der Waals surface area contributed by atoms with Crippen molar-refractivity contribution in [3.8, 4) is 0 Å². The Hall–Kier alpha value is -1.66. The number of nitrogens with zero attached hydrogens (tertiary/aromatic N) is 3. The van der Waals surface area contributed by atoms with E-state index >= 15 is 0 Å². The molecule has 1 aliphatic rings. The van der Waals surface area contributed by atoms with E-state index in [1.54, 1.807) is 12.5 Å². The molecule has 6 heteroatoms. The lowest BCUT2D eigenvalue weighted by Gasteiger charge is -2.23. The van der Waals surface area contributed by atoms with Crippen LogP contribution in [0.4, 0.5) is 0 Å². The summed E-state index contributed by atoms with van der Waals surface area (Å²) >= 11 is 0. The van der Waals surface area contributed by atoms with Crippen LogP contribution >= 0.6 is 0 Å². The van der Waals surface area contributed by atoms with Gasteiger partial charge in [-0.3, -0.25) is 0 Å². The van der Waals surface area contributed by atoms with Gasteiger partial charge in [0.2, 0.25) is 0 Å². The van der Waals surface area contributed by atoms with E-state index in [2.05, 4.69) is 15.6 Å². The molecular formula is C11H14N4O2. The second kappa shape index (κ2) is 4.68. The highest BCUT2D eigenvalue weighted by atomic mass is 16.5. The molecule has 0 amide bonds. The third-order valence-electron chi connectivity index (χ3n) is 2.79. The Balaban J connectivity index is 1.48. The summed E-state index contributed by atoms with van der Waals surface area (Å²) in [7, 11) is 0. The topological polar surface area (TPSA) is 65.1 Å². The van der Waals surface area contributed by atoms with Gasteiger partial charge in [-0.05, 0) is 12.1 Å². The summed E-state index contributed by atoms with van der Waals surface area (Å²) in [5, 5.41) is 11.2. The van der Waals surface area contributed by atoms with Crippen LogP contribution in [0.2, 0.25) is 0 Å². The Bertz CT molecular complexity index is 466. The van der Waals surface area contributed by atoms with Crippen molar-refractivity contribution in [3.05, 3.63) is 36.0 Å². The van der Waals surface area contributed by atoms with E-state index in [4.69, 9.17) is 9.15 Å². The molecule has 6 nitrogen and oxygen atoms in total. The number of aromatic nitrogens is 3. The predicted octanol–water partition coefficient (Wildman–Crippen LogP) is 0.560. The first-order valence-electron chi connectivity index (χ1n) is 5.64. The van der Waals surface area contributed by atoms with Crippen LogP contribution in [0.1, 0.15) is 11.5 Å². The molecule has 0 radical (unpaired) electrons. The lowest BCUT2D eigenvalue weighted by molar-refractivity contribution is 0.000791. The van der Waals surface area contributed by atoms with Gasteiger partial charge in [-0.1, -0.05) is 5.21 Å². The summed E-state index contributed by atoms with van der Waals surface area (Å²) < 4.78 is 12.8. The van der Waals surface area contributed by atoms with Crippen LogP contribution < -0.4 is 5.32 Å². The van der Waals surface area contributed by atoms with Crippen molar-refractivity contribution >= 4 is 0 Å². The zero-order chi connectivity index (χ0) is 11.5. The second-order valence-electron chi connectivity index (χ2n) is 4.05. The van der Waals surface area contributed by atoms with Gasteiger partial charge in [0.1, 0.15) is 5.76 Å². The second-order valence-corrected chi connectivity index (χ2v) is 4.05. The van der Waals surface area contributed by atoms with Crippen LogP contribution in [-0.4, -0.2) is 27.6 Å². The number of hydrogen-bond donors (Lipinski definition) is 1. The van der Waals surface area contributed by atoms with Crippen molar-refractivity contribution in [1.29, 1.82) is 0 Å². The van der Waals surface area contributed by atoms with Gasteiger partial charge in [0.05, 0.1) is 44.0 Å². The van der Waals surface area contributed by atoms with E-state index in [-0.39, 0.29) is 6.10 Å². The molecule has 1 atom stereocenters. The van der Waals surface area contributed by atoms with E-state index in [0.29, 0.717) is 6.61 Å². The fourth-order valence-corrected chi connectivity index (χ4v) is 1.89. The number of hydrogen-bond acceptors (Lipinski definition) is 5. The minimum atomic E-state index is 0.138. The summed E-state index contributed by atoms with van der Waals surface area (Å²) in [6.07, 6.45) is 3.56. The lowest BCUT2D eigenvalue weighted by Crippen LogP contribution is -2.36. The van der Waals surface area contributed by atoms with E-state index < -0.39 is 0 Å². The molecule has 2 aromatic heterocycles. The Morgan fingerprint density at radius 1 is 1.53 bits per heavy atom. The Morgan fingerprint density at radius 3 is 3.41 bits per heavy atom. The van der Waals surface area contributed by atoms with Crippen molar-refractivity contribution in [3.63, 3.8) is 0 Å². The van der Waals surface area contributed by atoms with Gasteiger partial charge in [0, 0.05) is 6.54 Å². The molecule has 0 saturated heterocycles. The smallest absolute Gasteiger partial charge is 0.117 e. The number of nitrogens with one attached hydrogen (secondary N) is 1. The maximum atomic E-state index is 5.69. The standard InChI is InChI=1S/C11H14N4O2/c1-2-10(16-3-1)5-12-6-11-7-15-9(8-17-11)4-13-14-15/h1-4,11-12H,5-8H2/t11-/m0/s1. The number of fused-ring (bicyclic) bond motifs is 1. The average molecular weight is 234 g/mol. The van der Waals surface area contributed by atoms with Crippen LogP contribution in [-0.2, 0) is 24.4 Å². The quantitative estimate of drug-likeness (QED) is 0.837. The molecule has 0 saturated carbocycles. The molecule has 3 rings (SSSR count). The normalized spacial score (nSPS) is 19.2. The first kappa shape index (κ1) is 10.5. The monoisotopic (exact) mass is 234 g/mol. The molecule has 1 N–H and O–H groups in total. The number of furan rings is 1. The van der Waals surface area contributed by atoms with Gasteiger partial charge in [-0.25, -0.2) is 4.68 Å². The first-order chi connectivity index (χ1) is 8.42. The summed E-state index contributed by atoms with van der Waals surface area (Å²) in [6, 6.07) is 3.83. The minimum Gasteiger partial charge on any atom is -0.468 e. The fourth-order valence-electron chi connectivity index (χ4n) is 1.89. The van der Waals surface area contributed by atoms with Crippen molar-refractivity contribution in [2.24, 2.45) is 0 Å². The Kier molecular flexibility index (Phi) is 2.89. The van der Waals surface area contributed by atoms with Crippen LogP contribution in [0.25, 0.3) is 0 Å². The molecule has 0 fully saturated rings. The van der Waals surface area contributed by atoms with Gasteiger partial charge in [-0.15, -0.1) is 5.10 Å². The van der Waals surface area contributed by atoms with Gasteiger partial charge in [-0.2, -0.15) is 0 Å². The van der Waals surface area contributed by atoms with E-state index in [0.717, 1.165) is 31.1 Å². The highest BCUT2D eigenvalue weighted by molar-refractivity contribution is 4.98. The first-order valence-corrected chi connectivity index (χ1v) is 5.64. The van der Waals surface area contributed by atoms with Crippen LogP contribution in [0, 0.1) is 0 Å². The third-order valence-corrected chi connectivity index (χ3v) is 2.79. The number of rotatable bonds is 4. The molecular weight excluding hydrogens is 220 g/mol. The molecule has 3 heterocycles. The molecule has 0 aromatic carbocycles. The van der Waals surface area contributed by atoms with Crippen LogP contribution in [0.5, 0.6) is 0 Å². The summed E-state index contributed by atoms with van der Waals surface area (Å²) in [4.78, 5) is 0. The molecule has 0 spiro atoms. The van der Waals surface area contributed by atoms with Crippen LogP contribution in [0.15, 0.2) is 29.0 Å². The maximum Gasteiger partial charge on any atom is 0.117 e. The highest BCUT2D eigenvalue weighted by Crippen LogP contribution is 2.10. The lowest BCUT2D eigenvalue weighted by atomic mass is 10.3. The van der Waals surface area contributed by atoms with Gasteiger partial charge in [0.15, 0.2) is 0 Å². The highest BCUT2D eigenvalue weighted by Gasteiger charge is 2.19. The Morgan fingerprint density at radius 2 is 2.53 bits per heavy atom. The van der Waals surface area contributed by atoms with Crippen molar-refractivity contribution in [2.45, 2.75) is 25.8 Å². The summed E-state index contributed by atoms with van der Waals surface area (Å²) in [5.74, 6) is 0.933. The molecule has 2 aromatic rings. The van der Waals surface area contributed by atoms with Gasteiger partial charge < -0.3 is 14.5 Å². The Labute approximate surface area is 98.6 Å². The van der Waals surface area contributed by atoms with Gasteiger partial charge in [0.25, 0.3) is 0 Å². The fraction of sp³-hybridized carbons (Fsp3) is 0.455. The SMILES string of the molecule is c1coc(CNC[C@H]2Cn3nncc3CO2)c1. The third kappa shape index (κ3) is 2.37. The van der Waals surface area contributed by atoms with E-state index in [9.17, 15) is 0 Å². The molecule has 0 aliphatic carbocycles. The molecule has 0 bridgehead atoms. The predicted molar refractivity (Wildman–Crippen MR) is 59.0 cm³/mol. The minimum absolute atomic E-state index is 0.138. The largest absolute Gasteiger partial charge is 0.468 e. The molecule has 17 heavy (non-hydrogen) atoms. The molecule has 90 valence electrons. The van der Waals surface area contributed by atoms with E-state index in [1.165, 1.54) is 0 Å². The van der Waals surface area contributed by atoms with Gasteiger partial charge >= 0.3 is 0 Å². The van der Waals surface area contributed by atoms with Crippen molar-refractivity contribution in [1.82, 2.24) is 20.3 Å². The zero-order valence-corrected chi connectivity index (χ0v) is 9.37. The summed E-state index contributed by atoms with van der Waals surface area (Å²) in [5.41, 5.74) is 1.03. The number of ether oxygens (including phenoxy) is 1. The summed E-state index contributed by atoms with van der Waals surface area (Å²) in [6.45, 7) is 2.83. The van der Waals surface area contributed by atoms with E-state index in [1.807, 2.05) is 16.8 Å². The van der Waals surface area contributed by atoms with Crippen molar-refractivity contribution < 1.29 is 9.15 Å². The maximum absolute atomic E-state index is 5.69. The zero-order valence-electron chi connectivity index (χ0n) is 9.37. The molecule has 1 aliphatic heterocycles.